The highest BCUT2D eigenvalue weighted by Crippen LogP contribution is 2.75. The number of rotatable bonds is 10. The molecule has 11 aromatic carbocycles. The molecular weight excluding hydrogens is 896 g/mol. The molecule has 2 aliphatic heterocycles. The molecule has 0 bridgehead atoms. The summed E-state index contributed by atoms with van der Waals surface area (Å²) in [7, 11) is -3.87. The van der Waals surface area contributed by atoms with Crippen molar-refractivity contribution in [2.24, 2.45) is 0 Å². The molecule has 2 nitrogen and oxygen atoms in total. The van der Waals surface area contributed by atoms with Gasteiger partial charge in [0.25, 0.3) is 6.71 Å². The molecule has 0 atom stereocenters. The molecule has 13 rings (SSSR count). The fraction of sp³-hybridized carbons (Fsp3) is 0. The minimum atomic E-state index is -1.93. The van der Waals surface area contributed by atoms with Gasteiger partial charge in [-0.2, -0.15) is 0 Å². The second-order valence-corrected chi connectivity index (χ2v) is 24.2. The number of benzene rings is 11. The monoisotopic (exact) mass is 944 g/mol. The molecule has 5 heteroatoms. The normalized spacial score (nSPS) is 13.2. The quantitative estimate of drug-likeness (QED) is 0.126. The second-order valence-electron chi connectivity index (χ2n) is 18.0. The van der Waals surface area contributed by atoms with Gasteiger partial charge in [-0.05, 0) is 150 Å². The molecule has 0 unspecified atom stereocenters. The van der Waals surface area contributed by atoms with Crippen molar-refractivity contribution < 1.29 is 0 Å². The molecule has 0 N–H and O–H groups in total. The van der Waals surface area contributed by atoms with Crippen molar-refractivity contribution in [2.45, 2.75) is 39.2 Å². The lowest BCUT2D eigenvalue weighted by Crippen LogP contribution is -2.61. The maximum Gasteiger partial charge on any atom is 0.252 e. The second kappa shape index (κ2) is 17.9. The van der Waals surface area contributed by atoms with Gasteiger partial charge in [0.1, 0.15) is 0 Å². The maximum atomic E-state index is 2.54. The summed E-state index contributed by atoms with van der Waals surface area (Å²) in [5, 5.41) is 0. The number of hydrogen-bond donors (Lipinski definition) is 0. The van der Waals surface area contributed by atoms with Crippen LogP contribution in [0.2, 0.25) is 0 Å². The van der Waals surface area contributed by atoms with Crippen LogP contribution >= 0.6 is 20.1 Å². The largest absolute Gasteiger partial charge is 0.311 e. The van der Waals surface area contributed by atoms with E-state index in [2.05, 4.69) is 307 Å². The molecule has 338 valence electrons. The van der Waals surface area contributed by atoms with Crippen LogP contribution in [0.1, 0.15) is 0 Å². The first-order valence-electron chi connectivity index (χ1n) is 24.3. The third-order valence-electron chi connectivity index (χ3n) is 14.2. The summed E-state index contributed by atoms with van der Waals surface area (Å²) in [6.07, 6.45) is 0. The van der Waals surface area contributed by atoms with Gasteiger partial charge in [-0.15, -0.1) is 20.1 Å². The number of hydrogen-bond acceptors (Lipinski definition) is 2. The van der Waals surface area contributed by atoms with Gasteiger partial charge in [0.15, 0.2) is 0 Å². The van der Waals surface area contributed by atoms with E-state index in [1.54, 1.807) is 0 Å². The summed E-state index contributed by atoms with van der Waals surface area (Å²) < 4.78 is 0. The van der Waals surface area contributed by atoms with Gasteiger partial charge in [-0.1, -0.05) is 164 Å². The van der Waals surface area contributed by atoms with Crippen molar-refractivity contribution >= 4 is 77.3 Å². The Balaban J connectivity index is 1.03. The molecular formula is C66H49BN2S2. The smallest absolute Gasteiger partial charge is 0.252 e. The fourth-order valence-electron chi connectivity index (χ4n) is 11.4. The van der Waals surface area contributed by atoms with Crippen LogP contribution in [0.5, 0.6) is 0 Å². The minimum Gasteiger partial charge on any atom is -0.311 e. The first kappa shape index (κ1) is 42.9. The van der Waals surface area contributed by atoms with Gasteiger partial charge in [0.2, 0.25) is 0 Å². The van der Waals surface area contributed by atoms with Crippen molar-refractivity contribution in [1.29, 1.82) is 0 Å². The zero-order valence-corrected chi connectivity index (χ0v) is 40.7. The van der Waals surface area contributed by atoms with E-state index in [4.69, 9.17) is 0 Å². The average molecular weight is 945 g/mol. The van der Waals surface area contributed by atoms with E-state index in [1.807, 2.05) is 0 Å². The van der Waals surface area contributed by atoms with Crippen LogP contribution in [0.3, 0.4) is 0 Å². The van der Waals surface area contributed by atoms with E-state index in [9.17, 15) is 0 Å². The van der Waals surface area contributed by atoms with E-state index in [-0.39, 0.29) is 6.71 Å². The molecule has 0 fully saturated rings. The zero-order valence-electron chi connectivity index (χ0n) is 39.1. The number of nitrogens with zero attached hydrogens (tertiary/aromatic N) is 2. The van der Waals surface area contributed by atoms with Crippen molar-refractivity contribution in [1.82, 2.24) is 0 Å². The Kier molecular flexibility index (Phi) is 10.8. The van der Waals surface area contributed by atoms with Gasteiger partial charge in [-0.3, -0.25) is 0 Å². The molecule has 0 aromatic heterocycles. The van der Waals surface area contributed by atoms with Crippen LogP contribution in [0.25, 0.3) is 0 Å². The fourth-order valence-corrected chi connectivity index (χ4v) is 19.2. The summed E-state index contributed by atoms with van der Waals surface area (Å²) in [5.74, 6) is 0. The first-order valence-corrected chi connectivity index (χ1v) is 27.6. The lowest BCUT2D eigenvalue weighted by Gasteiger charge is -2.45. The summed E-state index contributed by atoms with van der Waals surface area (Å²) in [5.41, 5.74) is 11.0. The van der Waals surface area contributed by atoms with Crippen LogP contribution in [0.4, 0.5) is 34.1 Å². The molecule has 11 aromatic rings. The van der Waals surface area contributed by atoms with Crippen molar-refractivity contribution in [2.75, 3.05) is 9.80 Å². The lowest BCUT2D eigenvalue weighted by molar-refractivity contribution is 1.21. The van der Waals surface area contributed by atoms with Gasteiger partial charge in [-0.25, -0.2) is 0 Å². The summed E-state index contributed by atoms with van der Waals surface area (Å²) in [6.45, 7) is 0.0257. The molecule has 0 saturated carbocycles. The zero-order chi connectivity index (χ0) is 47.2. The summed E-state index contributed by atoms with van der Waals surface area (Å²) in [4.78, 5) is 15.5. The maximum absolute atomic E-state index is 2.54. The molecule has 0 saturated heterocycles. The summed E-state index contributed by atoms with van der Waals surface area (Å²) >= 11 is 0. The predicted molar refractivity (Wildman–Crippen MR) is 300 cm³/mol. The molecule has 0 aliphatic carbocycles. The molecule has 71 heavy (non-hydrogen) atoms. The van der Waals surface area contributed by atoms with Crippen molar-refractivity contribution in [3.63, 3.8) is 0 Å². The molecule has 0 radical (unpaired) electrons. The molecule has 0 spiro atoms. The van der Waals surface area contributed by atoms with E-state index in [0.29, 0.717) is 0 Å². The Labute approximate surface area is 420 Å². The van der Waals surface area contributed by atoms with Gasteiger partial charge in [0, 0.05) is 73.3 Å². The van der Waals surface area contributed by atoms with Crippen LogP contribution < -0.4 is 26.2 Å². The molecule has 2 heterocycles. The highest BCUT2D eigenvalue weighted by molar-refractivity contribution is 8.34. The third-order valence-corrected chi connectivity index (χ3v) is 22.0. The minimum absolute atomic E-state index is 0.0257. The average Bonchev–Trinajstić information content (AvgIpc) is 3.45. The highest BCUT2D eigenvalue weighted by Gasteiger charge is 2.44. The Morgan fingerprint density at radius 2 is 0.479 bits per heavy atom. The van der Waals surface area contributed by atoms with Gasteiger partial charge in [0.05, 0.1) is 0 Å². The predicted octanol–water partition coefficient (Wildman–Crippen LogP) is 16.5. The van der Waals surface area contributed by atoms with Crippen LogP contribution in [0, 0.1) is 0 Å². The number of fused-ring (bicyclic) bond motifs is 4. The highest BCUT2D eigenvalue weighted by atomic mass is 32.3. The number of para-hydroxylation sites is 2. The van der Waals surface area contributed by atoms with Gasteiger partial charge < -0.3 is 9.80 Å². The van der Waals surface area contributed by atoms with Crippen LogP contribution in [-0.2, 0) is 0 Å². The SMILES string of the molecule is c1ccc(S(c2ccccc2)(c2ccccc2)c2cccc(N3c4ccccc4B4c5ccccc5N(c5cccc(S(c6ccccc6)(c6ccccc6)c6ccccc6)c5)c5cccc3c54)c2)cc1. The van der Waals surface area contributed by atoms with Crippen molar-refractivity contribution in [3.8, 4) is 0 Å². The molecule has 0 amide bonds. The van der Waals surface area contributed by atoms with E-state index >= 15 is 0 Å². The lowest BCUT2D eigenvalue weighted by atomic mass is 9.33. The summed E-state index contributed by atoms with van der Waals surface area (Å²) in [6, 6.07) is 111. The Hall–Kier alpha value is -8.22. The van der Waals surface area contributed by atoms with E-state index in [0.717, 1.165) is 11.4 Å². The first-order chi connectivity index (χ1) is 35.3. The van der Waals surface area contributed by atoms with Crippen LogP contribution in [-0.4, -0.2) is 6.71 Å². The van der Waals surface area contributed by atoms with Crippen molar-refractivity contribution in [3.05, 3.63) is 297 Å². The van der Waals surface area contributed by atoms with Gasteiger partial charge >= 0.3 is 0 Å². The van der Waals surface area contributed by atoms with Crippen LogP contribution in [0.15, 0.2) is 336 Å². The Morgan fingerprint density at radius 1 is 0.225 bits per heavy atom. The standard InChI is InChI=1S/C66H49BN2S2/c1-7-28-52(29-8-1)70(53-30-9-2-10-31-53,54-32-11-3-12-33-54)58-40-23-26-50(48-58)68-62-44-21-19-42-60(62)67-61-43-20-22-45-63(61)69(65-47-25-46-64(68)66(65)67)51-27-24-41-59(49-51)71(55-34-13-4-14-35-55,56-36-15-5-16-37-56)57-38-17-6-18-39-57/h1-49H. The molecule has 2 aliphatic rings. The van der Waals surface area contributed by atoms with E-state index in [1.165, 1.54) is 78.3 Å². The Morgan fingerprint density at radius 3 is 0.803 bits per heavy atom. The number of anilines is 6. The van der Waals surface area contributed by atoms with E-state index < -0.39 is 20.1 Å². The Bertz CT molecular complexity index is 3240. The topological polar surface area (TPSA) is 6.48 Å². The third kappa shape index (κ3) is 6.83.